The number of nitrogens with one attached hydrogen (secondary N) is 2. The summed E-state index contributed by atoms with van der Waals surface area (Å²) in [4.78, 5) is 20.6. The van der Waals surface area contributed by atoms with Crippen molar-refractivity contribution in [3.8, 4) is 17.3 Å². The van der Waals surface area contributed by atoms with Crippen LogP contribution < -0.4 is 10.6 Å². The number of aromatic nitrogens is 2. The number of carbonyl (C=O) groups excluding carboxylic acids is 1. The van der Waals surface area contributed by atoms with Gasteiger partial charge in [0.15, 0.2) is 0 Å². The van der Waals surface area contributed by atoms with Crippen molar-refractivity contribution < 1.29 is 19.0 Å². The molecule has 1 aromatic carbocycles. The molecule has 2 aromatic rings. The van der Waals surface area contributed by atoms with Gasteiger partial charge in [0.25, 0.3) is 0 Å². The zero-order valence-corrected chi connectivity index (χ0v) is 15.9. The lowest BCUT2D eigenvalue weighted by atomic mass is 10.1. The van der Waals surface area contributed by atoms with Gasteiger partial charge in [0.1, 0.15) is 18.8 Å². The molecule has 9 heteroatoms. The average molecular weight is 395 g/mol. The number of amides is 1. The van der Waals surface area contributed by atoms with Crippen LogP contribution in [-0.2, 0) is 19.0 Å². The van der Waals surface area contributed by atoms with E-state index in [0.717, 1.165) is 5.56 Å². The van der Waals surface area contributed by atoms with Crippen LogP contribution in [0.2, 0.25) is 0 Å². The highest BCUT2D eigenvalue weighted by atomic mass is 16.6. The number of rotatable bonds is 6. The highest BCUT2D eigenvalue weighted by molar-refractivity contribution is 5.77. The lowest BCUT2D eigenvalue weighted by Gasteiger charge is -2.18. The van der Waals surface area contributed by atoms with Crippen LogP contribution in [0.15, 0.2) is 36.5 Å². The summed E-state index contributed by atoms with van der Waals surface area (Å²) < 4.78 is 16.6. The first-order valence-corrected chi connectivity index (χ1v) is 9.29. The highest BCUT2D eigenvalue weighted by Gasteiger charge is 2.48. The minimum Gasteiger partial charge on any atom is -0.375 e. The van der Waals surface area contributed by atoms with Crippen LogP contribution in [0.5, 0.6) is 0 Å². The van der Waals surface area contributed by atoms with Gasteiger partial charge in [-0.15, -0.1) is 0 Å². The van der Waals surface area contributed by atoms with Crippen LogP contribution in [0.25, 0.3) is 11.3 Å². The highest BCUT2D eigenvalue weighted by Crippen LogP contribution is 2.29. The molecule has 0 spiro atoms. The number of methoxy groups -OCH3 is 1. The van der Waals surface area contributed by atoms with Crippen LogP contribution in [0, 0.1) is 11.3 Å². The molecule has 4 atom stereocenters. The lowest BCUT2D eigenvalue weighted by molar-refractivity contribution is -0.126. The molecule has 2 N–H and O–H groups in total. The summed E-state index contributed by atoms with van der Waals surface area (Å²) in [5, 5.41) is 15.2. The van der Waals surface area contributed by atoms with Gasteiger partial charge in [-0.05, 0) is 18.2 Å². The maximum absolute atomic E-state index is 11.8. The number of carbonyl (C=O) groups is 1. The molecule has 4 unspecified atom stereocenters. The topological polar surface area (TPSA) is 118 Å². The van der Waals surface area contributed by atoms with Crippen molar-refractivity contribution in [3.63, 3.8) is 0 Å². The Balaban J connectivity index is 1.43. The molecule has 150 valence electrons. The second-order valence-corrected chi connectivity index (χ2v) is 6.91. The Morgan fingerprint density at radius 1 is 1.28 bits per heavy atom. The van der Waals surface area contributed by atoms with Gasteiger partial charge in [-0.1, -0.05) is 12.1 Å². The summed E-state index contributed by atoms with van der Waals surface area (Å²) in [6.45, 7) is 0.803. The van der Waals surface area contributed by atoms with E-state index in [-0.39, 0.29) is 36.8 Å². The van der Waals surface area contributed by atoms with E-state index in [9.17, 15) is 4.79 Å². The van der Waals surface area contributed by atoms with Crippen LogP contribution in [0.1, 0.15) is 5.56 Å². The maximum atomic E-state index is 11.8. The van der Waals surface area contributed by atoms with Gasteiger partial charge in [-0.25, -0.2) is 9.97 Å². The molecule has 2 aliphatic rings. The normalized spacial score (nSPS) is 25.2. The Hall–Kier alpha value is -3.06. The number of hydrogen-bond donors (Lipinski definition) is 2. The van der Waals surface area contributed by atoms with Gasteiger partial charge in [0, 0.05) is 18.9 Å². The number of nitrogens with zero attached hydrogens (tertiary/aromatic N) is 3. The van der Waals surface area contributed by atoms with E-state index in [2.05, 4.69) is 26.7 Å². The van der Waals surface area contributed by atoms with Gasteiger partial charge < -0.3 is 24.8 Å². The molecule has 0 radical (unpaired) electrons. The van der Waals surface area contributed by atoms with Gasteiger partial charge in [0.2, 0.25) is 11.9 Å². The summed E-state index contributed by atoms with van der Waals surface area (Å²) in [7, 11) is 1.48. The van der Waals surface area contributed by atoms with Crippen LogP contribution in [-0.4, -0.2) is 67.1 Å². The molecule has 4 rings (SSSR count). The molecule has 29 heavy (non-hydrogen) atoms. The zero-order valence-electron chi connectivity index (χ0n) is 15.9. The first-order chi connectivity index (χ1) is 14.2. The summed E-state index contributed by atoms with van der Waals surface area (Å²) >= 11 is 0. The fourth-order valence-corrected chi connectivity index (χ4v) is 3.63. The molecule has 3 heterocycles. The van der Waals surface area contributed by atoms with E-state index in [4.69, 9.17) is 19.5 Å². The second-order valence-electron chi connectivity index (χ2n) is 6.91. The van der Waals surface area contributed by atoms with Crippen molar-refractivity contribution in [2.24, 2.45) is 0 Å². The molecule has 2 fully saturated rings. The number of anilines is 1. The first kappa shape index (κ1) is 19.3. The van der Waals surface area contributed by atoms with E-state index in [0.29, 0.717) is 30.4 Å². The number of fused-ring (bicyclic) bond motifs is 1. The standard InChI is InChI=1S/C20H21N5O4/c1-27-11-17(26)23-15-9-28-19-16(10-29-18(15)19)25-20-22-6-5-14(24-20)13-4-2-3-12(7-13)8-21/h2-7,15-16,18-19H,9-11H2,1H3,(H,23,26)(H,22,24,25). The molecular weight excluding hydrogens is 374 g/mol. The van der Waals surface area contributed by atoms with Crippen molar-refractivity contribution in [2.45, 2.75) is 24.3 Å². The number of nitriles is 1. The Labute approximate surface area is 168 Å². The van der Waals surface area contributed by atoms with Crippen molar-refractivity contribution in [1.82, 2.24) is 15.3 Å². The minimum absolute atomic E-state index is 0.00317. The fraction of sp³-hybridized carbons (Fsp3) is 0.400. The molecule has 0 saturated carbocycles. The summed E-state index contributed by atoms with van der Waals surface area (Å²) in [6, 6.07) is 10.8. The Morgan fingerprint density at radius 2 is 2.07 bits per heavy atom. The third-order valence-electron chi connectivity index (χ3n) is 4.93. The van der Waals surface area contributed by atoms with Crippen molar-refractivity contribution in [2.75, 3.05) is 32.2 Å². The molecule has 0 aliphatic carbocycles. The molecule has 2 saturated heterocycles. The van der Waals surface area contributed by atoms with Gasteiger partial charge in [-0.2, -0.15) is 5.26 Å². The predicted molar refractivity (Wildman–Crippen MR) is 103 cm³/mol. The lowest BCUT2D eigenvalue weighted by Crippen LogP contribution is -2.45. The van der Waals surface area contributed by atoms with Gasteiger partial charge >= 0.3 is 0 Å². The number of benzene rings is 1. The molecule has 9 nitrogen and oxygen atoms in total. The van der Waals surface area contributed by atoms with E-state index in [1.165, 1.54) is 7.11 Å². The van der Waals surface area contributed by atoms with Crippen LogP contribution >= 0.6 is 0 Å². The van der Waals surface area contributed by atoms with Crippen molar-refractivity contribution >= 4 is 11.9 Å². The second kappa shape index (κ2) is 8.53. The van der Waals surface area contributed by atoms with Gasteiger partial charge in [0.05, 0.1) is 42.6 Å². The maximum Gasteiger partial charge on any atom is 0.246 e. The molecule has 1 amide bonds. The Morgan fingerprint density at radius 3 is 2.86 bits per heavy atom. The quantitative estimate of drug-likeness (QED) is 0.735. The fourth-order valence-electron chi connectivity index (χ4n) is 3.63. The molecule has 2 aliphatic heterocycles. The van der Waals surface area contributed by atoms with E-state index in [1.807, 2.05) is 12.1 Å². The zero-order chi connectivity index (χ0) is 20.2. The van der Waals surface area contributed by atoms with Crippen molar-refractivity contribution in [1.29, 1.82) is 5.26 Å². The first-order valence-electron chi connectivity index (χ1n) is 9.29. The van der Waals surface area contributed by atoms with Gasteiger partial charge in [-0.3, -0.25) is 4.79 Å². The van der Waals surface area contributed by atoms with Crippen LogP contribution in [0.3, 0.4) is 0 Å². The third-order valence-corrected chi connectivity index (χ3v) is 4.93. The molecule has 0 bridgehead atoms. The number of ether oxygens (including phenoxy) is 3. The Bertz CT molecular complexity index is 931. The van der Waals surface area contributed by atoms with Crippen LogP contribution in [0.4, 0.5) is 5.95 Å². The average Bonchev–Trinajstić information content (AvgIpc) is 3.32. The van der Waals surface area contributed by atoms with Crippen molar-refractivity contribution in [3.05, 3.63) is 42.1 Å². The summed E-state index contributed by atoms with van der Waals surface area (Å²) in [5.41, 5.74) is 2.13. The predicted octanol–water partition coefficient (Wildman–Crippen LogP) is 0.725. The SMILES string of the molecule is COCC(=O)NC1COC2C(Nc3nccc(-c4cccc(C#N)c4)n3)COC12. The summed E-state index contributed by atoms with van der Waals surface area (Å²) in [6.07, 6.45) is 1.22. The minimum atomic E-state index is -0.233. The smallest absolute Gasteiger partial charge is 0.246 e. The largest absolute Gasteiger partial charge is 0.375 e. The monoisotopic (exact) mass is 395 g/mol. The van der Waals surface area contributed by atoms with E-state index < -0.39 is 0 Å². The molecular formula is C20H21N5O4. The third kappa shape index (κ3) is 4.19. The Kier molecular flexibility index (Phi) is 5.67. The van der Waals surface area contributed by atoms with E-state index >= 15 is 0 Å². The summed E-state index contributed by atoms with van der Waals surface area (Å²) in [5.74, 6) is 0.256. The number of hydrogen-bond acceptors (Lipinski definition) is 8. The molecule has 1 aromatic heterocycles. The van der Waals surface area contributed by atoms with E-state index in [1.54, 1.807) is 24.4 Å².